The predicted octanol–water partition coefficient (Wildman–Crippen LogP) is 2.79. The van der Waals surface area contributed by atoms with Gasteiger partial charge in [0.2, 0.25) is 23.6 Å². The van der Waals surface area contributed by atoms with Gasteiger partial charge in [0.1, 0.15) is 48.1 Å². The minimum atomic E-state index is -0.895. The number of ether oxygens (including phenoxy) is 6. The fraction of sp³-hybridized carbons (Fsp3) is 0.509. The molecule has 0 radical (unpaired) electrons. The molecule has 4 aromatic rings. The Bertz CT molecular complexity index is 2740. The summed E-state index contributed by atoms with van der Waals surface area (Å²) in [5.41, 5.74) is 15.1. The summed E-state index contributed by atoms with van der Waals surface area (Å²) in [5.74, 6) is -1.69. The molecule has 2 aromatic carbocycles. The zero-order valence-corrected chi connectivity index (χ0v) is 44.2. The number of rotatable bonds is 24. The van der Waals surface area contributed by atoms with Gasteiger partial charge < -0.3 is 65.6 Å². The van der Waals surface area contributed by atoms with E-state index in [9.17, 15) is 33.6 Å². The number of carbonyl (C=O) groups excluding carboxylic acids is 5. The van der Waals surface area contributed by atoms with Crippen molar-refractivity contribution >= 4 is 35.4 Å². The monoisotopic (exact) mass is 1060 g/mol. The maximum Gasteiger partial charge on any atom is 0.254 e. The summed E-state index contributed by atoms with van der Waals surface area (Å²) < 4.78 is 50.3. The first kappa shape index (κ1) is 58.0. The number of anilines is 1. The standard InChI is InChI=1S/C53H70FN11O11/c1-32(58-6)50(68)61-47(53(3,4)5)52(70)64-30-36-24-38(10-8-34(36)25-42(64)49(57)67)75-23-22-74-21-20-73-19-18-72-17-16-71-15-12-45(66)59-13-14-65-43(28-55)46-35-26-44(48(56)60-29-35)76-33(2)40-27-37(54)9-11-39(40)51(69)63(7)31-41(46)62-65/h8-11,24,26-27,29,32-33,42,47,58H,12-23,25,30-31H2,1-7H3,(H2,56,60)(H2,57,67)(H,59,66)(H,61,68)/t32-,33-,42-,47+/m1/s1. The van der Waals surface area contributed by atoms with Gasteiger partial charge >= 0.3 is 0 Å². The molecule has 2 bridgehead atoms. The number of amides is 5. The third-order valence-corrected chi connectivity index (χ3v) is 12.9. The minimum absolute atomic E-state index is 0.00773. The first-order valence-electron chi connectivity index (χ1n) is 25.2. The van der Waals surface area contributed by atoms with Crippen LogP contribution in [0, 0.1) is 22.6 Å². The molecule has 4 heterocycles. The third kappa shape index (κ3) is 15.2. The lowest BCUT2D eigenvalue weighted by atomic mass is 9.84. The summed E-state index contributed by atoms with van der Waals surface area (Å²) in [7, 11) is 3.25. The van der Waals surface area contributed by atoms with E-state index in [4.69, 9.17) is 39.9 Å². The molecule has 410 valence electrons. The maximum absolute atomic E-state index is 14.4. The van der Waals surface area contributed by atoms with Crippen LogP contribution in [0.4, 0.5) is 10.2 Å². The van der Waals surface area contributed by atoms with Gasteiger partial charge in [-0.15, -0.1) is 0 Å². The third-order valence-electron chi connectivity index (χ3n) is 12.9. The SMILES string of the molecule is CN[C@H](C)C(=O)N[C@@H](C(=O)N1Cc2cc(OCCOCCOCCOCCOCCC(=O)NCCn3nc4c(c3C#N)-c3cnc(N)c(c3)O[C@H](C)c3cc(F)ccc3C(=O)N(C)C4)ccc2C[C@@H]1C(N)=O)C(C)(C)C. The van der Waals surface area contributed by atoms with Gasteiger partial charge in [-0.3, -0.25) is 28.7 Å². The second kappa shape index (κ2) is 27.0. The van der Waals surface area contributed by atoms with Crippen molar-refractivity contribution in [2.24, 2.45) is 11.1 Å². The van der Waals surface area contributed by atoms with Gasteiger partial charge in [-0.2, -0.15) is 10.4 Å². The average Bonchev–Trinajstić information content (AvgIpc) is 3.75. The van der Waals surface area contributed by atoms with E-state index in [-0.39, 0.29) is 93.5 Å². The highest BCUT2D eigenvalue weighted by Crippen LogP contribution is 2.36. The smallest absolute Gasteiger partial charge is 0.254 e. The average molecular weight is 1060 g/mol. The van der Waals surface area contributed by atoms with Gasteiger partial charge in [0.25, 0.3) is 5.91 Å². The van der Waals surface area contributed by atoms with Crippen LogP contribution in [0.15, 0.2) is 48.7 Å². The molecule has 7 N–H and O–H groups in total. The molecule has 23 heteroatoms. The molecular weight excluding hydrogens is 986 g/mol. The Morgan fingerprint density at radius 1 is 0.947 bits per heavy atom. The zero-order valence-electron chi connectivity index (χ0n) is 44.2. The highest BCUT2D eigenvalue weighted by molar-refractivity contribution is 5.96. The van der Waals surface area contributed by atoms with Crippen molar-refractivity contribution in [1.29, 1.82) is 5.26 Å². The fourth-order valence-electron chi connectivity index (χ4n) is 8.59. The van der Waals surface area contributed by atoms with Crippen molar-refractivity contribution in [3.63, 3.8) is 0 Å². The summed E-state index contributed by atoms with van der Waals surface area (Å²) in [6.07, 6.45) is 1.06. The Balaban J connectivity index is 0.844. The Labute approximate surface area is 441 Å². The van der Waals surface area contributed by atoms with Crippen LogP contribution >= 0.6 is 0 Å². The molecule has 0 fully saturated rings. The quantitative estimate of drug-likeness (QED) is 0.0631. The van der Waals surface area contributed by atoms with Gasteiger partial charge in [-0.1, -0.05) is 26.8 Å². The molecule has 6 rings (SSSR count). The molecule has 0 saturated heterocycles. The summed E-state index contributed by atoms with van der Waals surface area (Å²) in [6.45, 7) is 12.0. The lowest BCUT2D eigenvalue weighted by Gasteiger charge is -2.40. The lowest BCUT2D eigenvalue weighted by molar-refractivity contribution is -0.146. The van der Waals surface area contributed by atoms with Crippen LogP contribution in [0.2, 0.25) is 0 Å². The maximum atomic E-state index is 14.4. The van der Waals surface area contributed by atoms with Gasteiger partial charge in [-0.05, 0) is 73.8 Å². The highest BCUT2D eigenvalue weighted by atomic mass is 19.1. The number of halogens is 1. The molecule has 22 nitrogen and oxygen atoms in total. The topological polar surface area (TPSA) is 290 Å². The van der Waals surface area contributed by atoms with Gasteiger partial charge in [0, 0.05) is 61.4 Å². The number of nitrogens with two attached hydrogens (primary N) is 2. The van der Waals surface area contributed by atoms with Crippen molar-refractivity contribution < 1.29 is 56.8 Å². The van der Waals surface area contributed by atoms with Crippen molar-refractivity contribution in [2.75, 3.05) is 85.8 Å². The van der Waals surface area contributed by atoms with E-state index in [0.717, 1.165) is 11.1 Å². The molecule has 2 aliphatic rings. The number of nitrogens with zero attached hydrogens (tertiary/aromatic N) is 6. The molecule has 76 heavy (non-hydrogen) atoms. The number of primary amides is 1. The number of nitrogens with one attached hydrogen (secondary N) is 3. The van der Waals surface area contributed by atoms with E-state index in [0.29, 0.717) is 67.8 Å². The summed E-state index contributed by atoms with van der Waals surface area (Å²) in [4.78, 5) is 72.9. The zero-order chi connectivity index (χ0) is 55.1. The fourth-order valence-corrected chi connectivity index (χ4v) is 8.59. The van der Waals surface area contributed by atoms with E-state index >= 15 is 0 Å². The van der Waals surface area contributed by atoms with E-state index in [1.54, 1.807) is 40.1 Å². The van der Waals surface area contributed by atoms with Crippen molar-refractivity contribution in [1.82, 2.24) is 40.5 Å². The number of hydrogen-bond donors (Lipinski definition) is 5. The largest absolute Gasteiger partial charge is 0.491 e. The van der Waals surface area contributed by atoms with Crippen LogP contribution in [0.3, 0.4) is 0 Å². The molecule has 0 spiro atoms. The van der Waals surface area contributed by atoms with E-state index in [1.165, 1.54) is 38.9 Å². The number of nitrogen functional groups attached to an aromatic ring is 1. The number of benzene rings is 2. The molecule has 0 aliphatic carbocycles. The lowest BCUT2D eigenvalue weighted by Crippen LogP contribution is -2.61. The molecular formula is C53H70FN11O11. The number of likely N-dealkylation sites (N-methyl/N-ethyl adjacent to an activating group) is 1. The van der Waals surface area contributed by atoms with Crippen LogP contribution in [0.5, 0.6) is 11.5 Å². The first-order chi connectivity index (χ1) is 36.3. The number of aromatic nitrogens is 3. The van der Waals surface area contributed by atoms with E-state index in [1.807, 2.05) is 32.9 Å². The van der Waals surface area contributed by atoms with Crippen molar-refractivity contribution in [2.45, 2.75) is 91.3 Å². The molecule has 5 amide bonds. The summed E-state index contributed by atoms with van der Waals surface area (Å²) in [5, 5.41) is 23.6. The molecule has 0 saturated carbocycles. The van der Waals surface area contributed by atoms with E-state index in [2.05, 4.69) is 32.1 Å². The summed E-state index contributed by atoms with van der Waals surface area (Å²) in [6, 6.07) is 10.9. The van der Waals surface area contributed by atoms with Gasteiger partial charge in [-0.25, -0.2) is 9.37 Å². The van der Waals surface area contributed by atoms with Crippen molar-refractivity contribution in [3.05, 3.63) is 88.1 Å². The molecule has 4 atom stereocenters. The van der Waals surface area contributed by atoms with E-state index < -0.39 is 53.2 Å². The Hall–Kier alpha value is -7.23. The number of nitriles is 1. The van der Waals surface area contributed by atoms with Crippen LogP contribution in [0.1, 0.15) is 85.6 Å². The Morgan fingerprint density at radius 3 is 2.26 bits per heavy atom. The predicted molar refractivity (Wildman–Crippen MR) is 276 cm³/mol. The van der Waals surface area contributed by atoms with Gasteiger partial charge in [0.15, 0.2) is 11.6 Å². The minimum Gasteiger partial charge on any atom is -0.491 e. The molecule has 0 unspecified atom stereocenters. The Kier molecular flexibility index (Phi) is 20.6. The molecule has 2 aromatic heterocycles. The normalized spacial score (nSPS) is 16.1. The second-order valence-electron chi connectivity index (χ2n) is 19.5. The van der Waals surface area contributed by atoms with Crippen LogP contribution < -0.4 is 36.9 Å². The summed E-state index contributed by atoms with van der Waals surface area (Å²) >= 11 is 0. The second-order valence-corrected chi connectivity index (χ2v) is 19.5. The van der Waals surface area contributed by atoms with Crippen LogP contribution in [-0.2, 0) is 64.2 Å². The number of carbonyl (C=O) groups is 5. The van der Waals surface area contributed by atoms with Crippen LogP contribution in [-0.4, -0.2) is 152 Å². The van der Waals surface area contributed by atoms with Crippen LogP contribution in [0.25, 0.3) is 11.1 Å². The Morgan fingerprint density at radius 2 is 1.62 bits per heavy atom. The van der Waals surface area contributed by atoms with Crippen molar-refractivity contribution in [3.8, 4) is 28.7 Å². The highest BCUT2D eigenvalue weighted by Gasteiger charge is 2.42. The van der Waals surface area contributed by atoms with Gasteiger partial charge in [0.05, 0.1) is 77.7 Å². The first-order valence-corrected chi connectivity index (χ1v) is 25.2. The molecule has 2 aliphatic heterocycles. The number of pyridine rings is 1. The number of hydrogen-bond acceptors (Lipinski definition) is 16. The number of fused-ring (bicyclic) bond motifs is 6.